The number of hydrogen-bond acceptors (Lipinski definition) is 16. The first-order valence-corrected chi connectivity index (χ1v) is 48.5. The summed E-state index contributed by atoms with van der Waals surface area (Å²) in [7, 11) is 6.63. The third kappa shape index (κ3) is 27.9. The fraction of sp³-hybridized carbons (Fsp3) is 0.290. The minimum absolute atomic E-state index is 0.128. The molecule has 0 fully saturated rings. The average molecular weight is 2150 g/mol. The van der Waals surface area contributed by atoms with Crippen molar-refractivity contribution >= 4 is 125 Å². The normalized spacial score (nSPS) is 13.5. The highest BCUT2D eigenvalue weighted by Crippen LogP contribution is 2.41. The van der Waals surface area contributed by atoms with Gasteiger partial charge in [-0.15, -0.1) is 0 Å². The van der Waals surface area contributed by atoms with Crippen LogP contribution in [0.15, 0.2) is 281 Å². The number of halogens is 14. The molecule has 0 aliphatic heterocycles. The third-order valence-electron chi connectivity index (χ3n) is 24.1. The molecule has 0 saturated heterocycles. The van der Waals surface area contributed by atoms with E-state index in [1.165, 1.54) is 42.5 Å². The van der Waals surface area contributed by atoms with Crippen LogP contribution >= 0.6 is 58.0 Å². The van der Waals surface area contributed by atoms with Crippen molar-refractivity contribution in [3.8, 4) is 45.7 Å². The number of carbonyl (C=O) groups excluding carboxylic acids is 4. The molecule has 0 radical (unpaired) electrons. The van der Waals surface area contributed by atoms with Gasteiger partial charge in [0.2, 0.25) is 22.2 Å². The van der Waals surface area contributed by atoms with Crippen molar-refractivity contribution in [1.82, 2.24) is 78.7 Å². The molecule has 0 spiro atoms. The van der Waals surface area contributed by atoms with Crippen LogP contribution < -0.4 is 62.5 Å². The number of aromatic nitrogens is 12. The van der Waals surface area contributed by atoms with E-state index < -0.39 is 102 Å². The Morgan fingerprint density at radius 3 is 0.779 bits per heavy atom. The Morgan fingerprint density at radius 1 is 0.289 bits per heavy atom. The summed E-state index contributed by atoms with van der Waals surface area (Å²) in [6, 6.07) is 55.4. The summed E-state index contributed by atoms with van der Waals surface area (Å²) in [4.78, 5) is 95.5. The summed E-state index contributed by atoms with van der Waals surface area (Å²) in [5.74, 6) is -16.3. The SMILES string of the molecule is CC(C)[C@H](NC(=O)C(C)(F)F)[C@H](Oc1ccc2c(cnn2-c2ccc(=O)n(C)c2)c1)c1cc(Cl)cc(Cl)c1.CC(C)[C@H](NC(=O)C(C)(F)F)[C@H](Oc1ccc2c(cnn2-c2ccc(=O)n(C)c2)c1)c1ccc(Cl)cc1.CC(C)[C@H](NC(=O)C(C)(F)F)[C@H](Oc1ccc2c(cnn2-c2ccc(=O)n(C)c2)c1)c1cccc(Cl)c1.CC(C)[C@H](NC(=O)C(F)(F)F)[C@H](Oc1ccc2c(cnn2-c2ccc(=O)n(C)c2)c1)c1cccc(Cl)c1. The Bertz CT molecular complexity index is 7580. The van der Waals surface area contributed by atoms with Crippen molar-refractivity contribution in [2.45, 2.75) is 149 Å². The molecule has 149 heavy (non-hydrogen) atoms. The standard InChI is InChI=1S/C27H26Cl2F2N4O3.2C27H27ClF2N4O3.C26H24ClF3N4O3/c1-15(2)24(33-26(37)27(3,30)31)25(16-9-18(28)12-19(29)10-16)38-21-6-7-22-17(11-21)13-32-35(22)20-5-8-23(36)34(4)14-20;1-16(2)24(32-26(36)27(3,29)30)25(17-5-7-19(28)8-6-17)37-21-10-11-22-18(13-21)14-31-34(22)20-9-12-23(35)33(4)15-20;1-16(2)24(32-26(36)27(3,29)30)25(17-6-5-7-19(28)12-17)37-21-9-10-22-18(13-21)14-31-34(22)20-8-11-23(35)33(4)15-20;1-15(2)23(32-25(36)26(28,29)30)24(16-5-4-6-18(27)11-16)37-20-8-9-21-17(12-20)13-31-34(21)19-7-10-22(35)33(3)14-19/h5-15,24-25H,1-4H3,(H,33,37);2*5-16,24-25H,1-4H3,(H,32,36);4-15,23-24H,1-3H3,(H,32,36)/t3*24-,25+;23-,24+/m0000/s1. The maximum absolute atomic E-state index is 13.8. The van der Waals surface area contributed by atoms with Gasteiger partial charge in [-0.05, 0) is 198 Å². The maximum Gasteiger partial charge on any atom is 0.471 e. The highest BCUT2D eigenvalue weighted by Gasteiger charge is 2.45. The Hall–Kier alpha value is -14.7. The van der Waals surface area contributed by atoms with Crippen molar-refractivity contribution in [2.75, 3.05) is 0 Å². The zero-order valence-corrected chi connectivity index (χ0v) is 86.6. The second-order valence-corrected chi connectivity index (χ2v) is 39.3. The third-order valence-corrected chi connectivity index (χ3v) is 25.2. The Labute approximate surface area is 873 Å². The summed E-state index contributed by atoms with van der Waals surface area (Å²) < 4.78 is 160. The van der Waals surface area contributed by atoms with E-state index in [1.54, 1.807) is 300 Å². The maximum atomic E-state index is 13.8. The molecule has 4 amide bonds. The number of nitrogens with zero attached hydrogens (tertiary/aromatic N) is 12. The van der Waals surface area contributed by atoms with Gasteiger partial charge in [-0.3, -0.25) is 38.4 Å². The van der Waals surface area contributed by atoms with Crippen molar-refractivity contribution in [1.29, 1.82) is 0 Å². The predicted molar refractivity (Wildman–Crippen MR) is 555 cm³/mol. The van der Waals surface area contributed by atoms with Crippen molar-refractivity contribution in [3.05, 3.63) is 351 Å². The fourth-order valence-corrected chi connectivity index (χ4v) is 17.2. The van der Waals surface area contributed by atoms with E-state index in [0.29, 0.717) is 119 Å². The highest BCUT2D eigenvalue weighted by molar-refractivity contribution is 6.34. The first-order chi connectivity index (χ1) is 70.1. The van der Waals surface area contributed by atoms with Gasteiger partial charge in [0.1, 0.15) is 47.4 Å². The van der Waals surface area contributed by atoms with Crippen LogP contribution in [0.1, 0.15) is 123 Å². The Morgan fingerprint density at radius 2 is 0.537 bits per heavy atom. The van der Waals surface area contributed by atoms with Gasteiger partial charge in [-0.25, -0.2) is 18.7 Å². The molecule has 4 N–H and O–H groups in total. The van der Waals surface area contributed by atoms with Crippen LogP contribution in [0.3, 0.4) is 0 Å². The molecule has 0 unspecified atom stereocenters. The molecule has 8 aromatic carbocycles. The number of fused-ring (bicyclic) bond motifs is 4. The van der Waals surface area contributed by atoms with Crippen LogP contribution in [-0.4, -0.2) is 129 Å². The summed E-state index contributed by atoms with van der Waals surface area (Å²) in [5.41, 5.74) is 7.65. The Kier molecular flexibility index (Phi) is 35.0. The zero-order chi connectivity index (χ0) is 108. The van der Waals surface area contributed by atoms with Crippen LogP contribution in [-0.2, 0) is 47.4 Å². The second-order valence-electron chi connectivity index (χ2n) is 37.1. The number of rotatable bonds is 31. The van der Waals surface area contributed by atoms with Crippen molar-refractivity contribution in [3.63, 3.8) is 0 Å². The van der Waals surface area contributed by atoms with E-state index in [-0.39, 0.29) is 40.0 Å². The molecule has 8 heterocycles. The monoisotopic (exact) mass is 2150 g/mol. The van der Waals surface area contributed by atoms with E-state index in [0.717, 1.165) is 38.2 Å². The molecule has 16 aromatic rings. The molecule has 0 bridgehead atoms. The number of amides is 4. The lowest BCUT2D eigenvalue weighted by Crippen LogP contribution is -2.49. The first kappa shape index (κ1) is 112. The van der Waals surface area contributed by atoms with Gasteiger partial charge in [0, 0.05) is 145 Å². The lowest BCUT2D eigenvalue weighted by atomic mass is 9.92. The summed E-state index contributed by atoms with van der Waals surface area (Å²) in [6.07, 6.45) is 4.83. The van der Waals surface area contributed by atoms with Crippen LogP contribution in [0.25, 0.3) is 66.4 Å². The van der Waals surface area contributed by atoms with Crippen molar-refractivity contribution < 1.29 is 77.6 Å². The number of ether oxygens (including phenoxy) is 4. The van der Waals surface area contributed by atoms with E-state index in [4.69, 9.17) is 77.0 Å². The fourth-order valence-electron chi connectivity index (χ4n) is 16.2. The topological polar surface area (TPSA) is 313 Å². The van der Waals surface area contributed by atoms with Gasteiger partial charge >= 0.3 is 29.9 Å². The molecule has 782 valence electrons. The lowest BCUT2D eigenvalue weighted by molar-refractivity contribution is -0.175. The smallest absolute Gasteiger partial charge is 0.471 e. The molecular weight excluding hydrogens is 2050 g/mol. The second kappa shape index (κ2) is 46.8. The predicted octanol–water partition coefficient (Wildman–Crippen LogP) is 21.7. The minimum atomic E-state index is -5.04. The number of pyridine rings is 4. The molecule has 8 atom stereocenters. The quantitative estimate of drug-likeness (QED) is 0.0293. The van der Waals surface area contributed by atoms with E-state index in [2.05, 4.69) is 41.7 Å². The van der Waals surface area contributed by atoms with E-state index >= 15 is 0 Å². The number of nitrogens with one attached hydrogen (secondary N) is 4. The zero-order valence-electron chi connectivity index (χ0n) is 82.8. The Balaban J connectivity index is 0.000000166. The average Bonchev–Trinajstić information content (AvgIpc) is 1.71. The van der Waals surface area contributed by atoms with Crippen LogP contribution in [0, 0.1) is 23.7 Å². The van der Waals surface area contributed by atoms with Gasteiger partial charge in [0.25, 0.3) is 17.7 Å². The van der Waals surface area contributed by atoms with Gasteiger partial charge < -0.3 is 58.5 Å². The van der Waals surface area contributed by atoms with Gasteiger partial charge in [-0.1, -0.05) is 150 Å². The van der Waals surface area contributed by atoms with Gasteiger partial charge in [-0.2, -0.15) is 59.9 Å². The summed E-state index contributed by atoms with van der Waals surface area (Å²) >= 11 is 30.9. The lowest BCUT2D eigenvalue weighted by Gasteiger charge is -2.32. The molecule has 0 saturated carbocycles. The van der Waals surface area contributed by atoms with Crippen LogP contribution in [0.4, 0.5) is 39.5 Å². The number of benzene rings is 8. The van der Waals surface area contributed by atoms with Crippen LogP contribution in [0.5, 0.6) is 23.0 Å². The molecule has 28 nitrogen and oxygen atoms in total. The molecule has 8 aromatic heterocycles. The van der Waals surface area contributed by atoms with Gasteiger partial charge in [0.15, 0.2) is 0 Å². The molecule has 42 heteroatoms. The van der Waals surface area contributed by atoms with E-state index in [1.807, 2.05) is 39.8 Å². The largest absolute Gasteiger partial charge is 0.484 e. The molecule has 0 aliphatic carbocycles. The first-order valence-electron chi connectivity index (χ1n) is 46.6. The van der Waals surface area contributed by atoms with E-state index in [9.17, 15) is 77.9 Å². The summed E-state index contributed by atoms with van der Waals surface area (Å²) in [6.45, 7) is 15.9. The minimum Gasteiger partial charge on any atom is -0.484 e. The van der Waals surface area contributed by atoms with Crippen LogP contribution in [0.2, 0.25) is 25.1 Å². The number of alkyl halides is 9. The van der Waals surface area contributed by atoms with Gasteiger partial charge in [0.05, 0.1) is 93.8 Å². The summed E-state index contributed by atoms with van der Waals surface area (Å²) in [5, 5.41) is 32.2. The van der Waals surface area contributed by atoms with Crippen molar-refractivity contribution in [2.24, 2.45) is 51.9 Å². The number of carbonyl (C=O) groups is 4. The number of aryl methyl sites for hydroxylation is 4. The highest BCUT2D eigenvalue weighted by atomic mass is 35.5. The molecule has 16 rings (SSSR count). The number of hydrogen-bond donors (Lipinski definition) is 4. The molecular formula is C107H104Cl5F9N16O12. The molecule has 0 aliphatic rings.